The molecule has 2 rings (SSSR count). The highest BCUT2D eigenvalue weighted by Crippen LogP contribution is 2.27. The Balaban J connectivity index is 2.70. The lowest BCUT2D eigenvalue weighted by Crippen LogP contribution is -1.88. The van der Waals surface area contributed by atoms with Gasteiger partial charge in [-0.3, -0.25) is 0 Å². The molecule has 12 heavy (non-hydrogen) atoms. The molecule has 0 bridgehead atoms. The Kier molecular flexibility index (Phi) is 1.62. The van der Waals surface area contributed by atoms with Crippen molar-refractivity contribution in [3.05, 3.63) is 41.8 Å². The van der Waals surface area contributed by atoms with Crippen LogP contribution in [0.5, 0.6) is 0 Å². The molecule has 2 heteroatoms. The first-order valence-corrected chi connectivity index (χ1v) is 4.52. The molecule has 0 aliphatic rings. The number of nitrogens with two attached hydrogens (primary N) is 1. The van der Waals surface area contributed by atoms with Gasteiger partial charge in [-0.2, -0.15) is 0 Å². The number of thiophene rings is 1. The summed E-state index contributed by atoms with van der Waals surface area (Å²) in [6.45, 7) is 3.71. The summed E-state index contributed by atoms with van der Waals surface area (Å²) in [6.07, 6.45) is 0. The van der Waals surface area contributed by atoms with E-state index >= 15 is 0 Å². The molecule has 0 saturated carbocycles. The third-order valence-corrected chi connectivity index (χ3v) is 2.93. The fraction of sp³-hybridized carbons (Fsp3) is 0. The fourth-order valence-corrected chi connectivity index (χ4v) is 2.09. The molecule has 0 saturated heterocycles. The molecule has 0 fully saturated rings. The average Bonchev–Trinajstić information content (AvgIpc) is 2.46. The zero-order valence-corrected chi connectivity index (χ0v) is 7.40. The molecule has 1 aromatic heterocycles. The summed E-state index contributed by atoms with van der Waals surface area (Å²) in [6, 6.07) is 10.3. The van der Waals surface area contributed by atoms with Crippen molar-refractivity contribution in [2.24, 2.45) is 5.73 Å². The predicted octanol–water partition coefficient (Wildman–Crippen LogP) is 2.83. The summed E-state index contributed by atoms with van der Waals surface area (Å²) in [5.74, 6) is 0. The van der Waals surface area contributed by atoms with Crippen molar-refractivity contribution in [1.29, 1.82) is 0 Å². The van der Waals surface area contributed by atoms with Crippen LogP contribution in [0.1, 0.15) is 4.88 Å². The Morgan fingerprint density at radius 1 is 1.33 bits per heavy atom. The molecule has 2 aromatic rings. The van der Waals surface area contributed by atoms with Crippen LogP contribution in [0, 0.1) is 0 Å². The summed E-state index contributed by atoms with van der Waals surface area (Å²) in [5.41, 5.74) is 6.24. The van der Waals surface area contributed by atoms with E-state index in [1.165, 1.54) is 10.1 Å². The van der Waals surface area contributed by atoms with Crippen molar-refractivity contribution in [1.82, 2.24) is 0 Å². The number of fused-ring (bicyclic) bond motifs is 1. The van der Waals surface area contributed by atoms with Crippen LogP contribution in [0.2, 0.25) is 0 Å². The van der Waals surface area contributed by atoms with Gasteiger partial charge in [0.15, 0.2) is 0 Å². The molecule has 0 unspecified atom stereocenters. The van der Waals surface area contributed by atoms with Gasteiger partial charge in [0.25, 0.3) is 0 Å². The van der Waals surface area contributed by atoms with Gasteiger partial charge in [-0.25, -0.2) is 0 Å². The van der Waals surface area contributed by atoms with Crippen molar-refractivity contribution in [2.75, 3.05) is 0 Å². The molecule has 60 valence electrons. The lowest BCUT2D eigenvalue weighted by molar-refractivity contribution is 1.64. The maximum atomic E-state index is 5.59. The minimum atomic E-state index is 0.649. The van der Waals surface area contributed by atoms with Gasteiger partial charge >= 0.3 is 0 Å². The average molecular weight is 175 g/mol. The first-order valence-electron chi connectivity index (χ1n) is 3.71. The summed E-state index contributed by atoms with van der Waals surface area (Å²) >= 11 is 1.68. The third-order valence-electron chi connectivity index (χ3n) is 1.74. The predicted molar refractivity (Wildman–Crippen MR) is 55.0 cm³/mol. The van der Waals surface area contributed by atoms with Crippen molar-refractivity contribution < 1.29 is 0 Å². The molecule has 0 aliphatic heterocycles. The van der Waals surface area contributed by atoms with Crippen LogP contribution in [0.15, 0.2) is 36.9 Å². The van der Waals surface area contributed by atoms with E-state index in [2.05, 4.69) is 24.8 Å². The Morgan fingerprint density at radius 3 is 2.75 bits per heavy atom. The van der Waals surface area contributed by atoms with Gasteiger partial charge in [0.1, 0.15) is 0 Å². The summed E-state index contributed by atoms with van der Waals surface area (Å²) < 4.78 is 1.26. The molecule has 0 atom stereocenters. The second-order valence-corrected chi connectivity index (χ2v) is 3.76. The van der Waals surface area contributed by atoms with Gasteiger partial charge in [-0.05, 0) is 17.5 Å². The van der Waals surface area contributed by atoms with Gasteiger partial charge < -0.3 is 5.73 Å². The van der Waals surface area contributed by atoms with Gasteiger partial charge in [-0.1, -0.05) is 24.8 Å². The van der Waals surface area contributed by atoms with E-state index in [1.54, 1.807) is 11.3 Å². The van der Waals surface area contributed by atoms with E-state index < -0.39 is 0 Å². The maximum Gasteiger partial charge on any atom is 0.0506 e. The topological polar surface area (TPSA) is 26.0 Å². The minimum absolute atomic E-state index is 0.649. The van der Waals surface area contributed by atoms with Crippen molar-refractivity contribution in [3.8, 4) is 0 Å². The first-order chi connectivity index (χ1) is 5.77. The highest BCUT2D eigenvalue weighted by Gasteiger charge is 2.00. The van der Waals surface area contributed by atoms with Crippen LogP contribution in [0.3, 0.4) is 0 Å². The maximum absolute atomic E-state index is 5.59. The number of benzene rings is 1. The van der Waals surface area contributed by atoms with Crippen LogP contribution in [0.25, 0.3) is 15.8 Å². The molecule has 1 heterocycles. The fourth-order valence-electron chi connectivity index (χ4n) is 1.14. The van der Waals surface area contributed by atoms with Crippen LogP contribution >= 0.6 is 11.3 Å². The Bertz CT molecular complexity index is 395. The number of hydrogen-bond donors (Lipinski definition) is 1. The van der Waals surface area contributed by atoms with Crippen LogP contribution in [-0.4, -0.2) is 0 Å². The molecular weight excluding hydrogens is 166 g/mol. The SMILES string of the molecule is C=C(N)c1cc2ccccc2s1. The van der Waals surface area contributed by atoms with Crippen LogP contribution in [0.4, 0.5) is 0 Å². The van der Waals surface area contributed by atoms with Gasteiger partial charge in [0.2, 0.25) is 0 Å². The van der Waals surface area contributed by atoms with Crippen molar-refractivity contribution in [2.45, 2.75) is 0 Å². The third kappa shape index (κ3) is 1.10. The Morgan fingerprint density at radius 2 is 2.08 bits per heavy atom. The Hall–Kier alpha value is -1.28. The van der Waals surface area contributed by atoms with E-state index in [4.69, 9.17) is 5.73 Å². The van der Waals surface area contributed by atoms with E-state index in [0.29, 0.717) is 5.70 Å². The molecule has 0 spiro atoms. The van der Waals surface area contributed by atoms with Crippen LogP contribution in [-0.2, 0) is 0 Å². The molecule has 2 N–H and O–H groups in total. The van der Waals surface area contributed by atoms with Gasteiger partial charge in [0.05, 0.1) is 4.88 Å². The van der Waals surface area contributed by atoms with E-state index in [9.17, 15) is 0 Å². The van der Waals surface area contributed by atoms with Crippen molar-refractivity contribution in [3.63, 3.8) is 0 Å². The molecule has 1 nitrogen and oxygen atoms in total. The first kappa shape index (κ1) is 7.37. The van der Waals surface area contributed by atoms with Gasteiger partial charge in [-0.15, -0.1) is 11.3 Å². The second kappa shape index (κ2) is 2.64. The quantitative estimate of drug-likeness (QED) is 0.708. The Labute approximate surface area is 75.1 Å². The minimum Gasteiger partial charge on any atom is -0.398 e. The zero-order chi connectivity index (χ0) is 8.55. The van der Waals surface area contributed by atoms with Crippen molar-refractivity contribution >= 4 is 27.1 Å². The van der Waals surface area contributed by atoms with E-state index in [-0.39, 0.29) is 0 Å². The highest BCUT2D eigenvalue weighted by atomic mass is 32.1. The molecule has 0 amide bonds. The number of rotatable bonds is 1. The lowest BCUT2D eigenvalue weighted by Gasteiger charge is -1.88. The summed E-state index contributed by atoms with van der Waals surface area (Å²) in [5, 5.41) is 1.24. The molecule has 1 aromatic carbocycles. The molecule has 0 radical (unpaired) electrons. The monoisotopic (exact) mass is 175 g/mol. The number of hydrogen-bond acceptors (Lipinski definition) is 2. The largest absolute Gasteiger partial charge is 0.398 e. The van der Waals surface area contributed by atoms with Crippen LogP contribution < -0.4 is 5.73 Å². The summed E-state index contributed by atoms with van der Waals surface area (Å²) in [7, 11) is 0. The van der Waals surface area contributed by atoms with E-state index in [0.717, 1.165) is 4.88 Å². The highest BCUT2D eigenvalue weighted by molar-refractivity contribution is 7.20. The second-order valence-electron chi connectivity index (χ2n) is 2.67. The molecular formula is C10H9NS. The van der Waals surface area contributed by atoms with E-state index in [1.807, 2.05) is 12.1 Å². The molecule has 0 aliphatic carbocycles. The zero-order valence-electron chi connectivity index (χ0n) is 6.58. The van der Waals surface area contributed by atoms with Gasteiger partial charge in [0, 0.05) is 10.4 Å². The smallest absolute Gasteiger partial charge is 0.0506 e. The normalized spacial score (nSPS) is 10.3. The lowest BCUT2D eigenvalue weighted by atomic mass is 10.2. The standard InChI is InChI=1S/C10H9NS/c1-7(11)10-6-8-4-2-3-5-9(8)12-10/h2-6H,1,11H2. The summed E-state index contributed by atoms with van der Waals surface area (Å²) in [4.78, 5) is 1.07.